The maximum absolute atomic E-state index is 12.2. The monoisotopic (exact) mass is 389 g/mol. The number of carbonyl (C=O) groups is 2. The number of esters is 1. The molecule has 2 aromatic carbocycles. The first-order valence-electron chi connectivity index (χ1n) is 7.82. The molecule has 0 spiro atoms. The first-order valence-corrected chi connectivity index (χ1v) is 9.01. The summed E-state index contributed by atoms with van der Waals surface area (Å²) in [7, 11) is 1.58. The minimum atomic E-state index is -0.604. The second kappa shape index (κ2) is 8.21. The molecule has 5 nitrogen and oxygen atoms in total. The van der Waals surface area contributed by atoms with Gasteiger partial charge >= 0.3 is 5.97 Å². The van der Waals surface area contributed by atoms with E-state index in [0.717, 1.165) is 15.6 Å². The van der Waals surface area contributed by atoms with Crippen LogP contribution in [-0.2, 0) is 16.1 Å². The van der Waals surface area contributed by atoms with Gasteiger partial charge in [0.15, 0.2) is 6.61 Å². The lowest BCUT2D eigenvalue weighted by Gasteiger charge is -2.07. The van der Waals surface area contributed by atoms with Gasteiger partial charge in [0.25, 0.3) is 5.91 Å². The summed E-state index contributed by atoms with van der Waals surface area (Å²) in [4.78, 5) is 24.4. The van der Waals surface area contributed by atoms with E-state index in [0.29, 0.717) is 22.2 Å². The van der Waals surface area contributed by atoms with E-state index < -0.39 is 11.9 Å². The second-order valence-corrected chi connectivity index (χ2v) is 6.88. The Morgan fingerprint density at radius 1 is 1.15 bits per heavy atom. The molecule has 0 atom stereocenters. The summed E-state index contributed by atoms with van der Waals surface area (Å²) in [6, 6.07) is 14.8. The minimum absolute atomic E-state index is 0.300. The van der Waals surface area contributed by atoms with E-state index in [4.69, 9.17) is 21.1 Å². The number of hydrogen-bond donors (Lipinski definition) is 1. The van der Waals surface area contributed by atoms with E-state index in [2.05, 4.69) is 5.32 Å². The van der Waals surface area contributed by atoms with Crippen molar-refractivity contribution in [3.8, 4) is 5.75 Å². The molecule has 0 fully saturated rings. The zero-order valence-corrected chi connectivity index (χ0v) is 15.5. The van der Waals surface area contributed by atoms with Gasteiger partial charge in [-0.1, -0.05) is 41.9 Å². The van der Waals surface area contributed by atoms with Gasteiger partial charge in [-0.05, 0) is 23.8 Å². The number of amides is 1. The maximum Gasteiger partial charge on any atom is 0.350 e. The predicted molar refractivity (Wildman–Crippen MR) is 102 cm³/mol. The van der Waals surface area contributed by atoms with Crippen LogP contribution in [0.2, 0.25) is 5.02 Å². The van der Waals surface area contributed by atoms with Crippen molar-refractivity contribution >= 4 is 44.9 Å². The lowest BCUT2D eigenvalue weighted by molar-refractivity contribution is -0.124. The van der Waals surface area contributed by atoms with Crippen molar-refractivity contribution in [1.82, 2.24) is 5.32 Å². The Kier molecular flexibility index (Phi) is 5.75. The number of hydrogen-bond acceptors (Lipinski definition) is 5. The number of methoxy groups -OCH3 is 1. The van der Waals surface area contributed by atoms with Crippen molar-refractivity contribution in [3.05, 3.63) is 64.0 Å². The summed E-state index contributed by atoms with van der Waals surface area (Å²) in [6.07, 6.45) is 0. The fourth-order valence-electron chi connectivity index (χ4n) is 2.38. The second-order valence-electron chi connectivity index (χ2n) is 5.45. The highest BCUT2D eigenvalue weighted by Gasteiger charge is 2.19. The van der Waals surface area contributed by atoms with E-state index in [9.17, 15) is 9.59 Å². The molecule has 134 valence electrons. The van der Waals surface area contributed by atoms with Crippen molar-refractivity contribution in [2.24, 2.45) is 0 Å². The third-order valence-corrected chi connectivity index (χ3v) is 5.33. The summed E-state index contributed by atoms with van der Waals surface area (Å²) in [5.74, 6) is -0.284. The van der Waals surface area contributed by atoms with Crippen LogP contribution in [0.15, 0.2) is 48.5 Å². The number of fused-ring (bicyclic) bond motifs is 1. The molecule has 0 unspecified atom stereocenters. The van der Waals surface area contributed by atoms with Crippen LogP contribution >= 0.6 is 22.9 Å². The average molecular weight is 390 g/mol. The number of nitrogens with one attached hydrogen (secondary N) is 1. The summed E-state index contributed by atoms with van der Waals surface area (Å²) < 4.78 is 11.1. The fourth-order valence-corrected chi connectivity index (χ4v) is 3.78. The topological polar surface area (TPSA) is 64.6 Å². The summed E-state index contributed by atoms with van der Waals surface area (Å²) in [5, 5.41) is 3.85. The van der Waals surface area contributed by atoms with Crippen LogP contribution in [0.5, 0.6) is 5.75 Å². The smallest absolute Gasteiger partial charge is 0.350 e. The minimum Gasteiger partial charge on any atom is -0.497 e. The third kappa shape index (κ3) is 4.15. The third-order valence-electron chi connectivity index (χ3n) is 3.68. The number of benzene rings is 2. The Bertz CT molecular complexity index is 954. The summed E-state index contributed by atoms with van der Waals surface area (Å²) >= 11 is 7.48. The van der Waals surface area contributed by atoms with Crippen molar-refractivity contribution in [2.75, 3.05) is 13.7 Å². The van der Waals surface area contributed by atoms with Gasteiger partial charge in [0.2, 0.25) is 0 Å². The molecular weight excluding hydrogens is 374 g/mol. The molecule has 1 N–H and O–H groups in total. The van der Waals surface area contributed by atoms with Gasteiger partial charge in [-0.2, -0.15) is 0 Å². The van der Waals surface area contributed by atoms with Crippen LogP contribution in [-0.4, -0.2) is 25.6 Å². The molecule has 0 bridgehead atoms. The van der Waals surface area contributed by atoms with Crippen LogP contribution in [0.3, 0.4) is 0 Å². The Balaban J connectivity index is 1.55. The van der Waals surface area contributed by atoms with Crippen LogP contribution in [0.1, 0.15) is 15.2 Å². The Labute approximate surface area is 159 Å². The zero-order chi connectivity index (χ0) is 18.5. The van der Waals surface area contributed by atoms with Gasteiger partial charge in [-0.3, -0.25) is 4.79 Å². The standard InChI is InChI=1S/C19H16ClNO4S/c1-24-13-6-4-5-12(9-13)10-21-16(22)11-25-19(23)18-17(20)14-7-2-3-8-15(14)26-18/h2-9H,10-11H2,1H3,(H,21,22). The van der Waals surface area contributed by atoms with Crippen LogP contribution < -0.4 is 10.1 Å². The molecule has 1 aromatic heterocycles. The summed E-state index contributed by atoms with van der Waals surface area (Å²) in [5.41, 5.74) is 0.886. The van der Waals surface area contributed by atoms with Gasteiger partial charge in [0.1, 0.15) is 10.6 Å². The Morgan fingerprint density at radius 2 is 1.96 bits per heavy atom. The van der Waals surface area contributed by atoms with Crippen molar-refractivity contribution in [1.29, 1.82) is 0 Å². The molecule has 7 heteroatoms. The quantitative estimate of drug-likeness (QED) is 0.646. The van der Waals surface area contributed by atoms with E-state index in [-0.39, 0.29) is 6.61 Å². The van der Waals surface area contributed by atoms with E-state index >= 15 is 0 Å². The molecule has 0 saturated carbocycles. The molecule has 0 aliphatic heterocycles. The number of ether oxygens (including phenoxy) is 2. The van der Waals surface area contributed by atoms with Crippen molar-refractivity contribution < 1.29 is 19.1 Å². The zero-order valence-electron chi connectivity index (χ0n) is 14.0. The Morgan fingerprint density at radius 3 is 2.73 bits per heavy atom. The lowest BCUT2D eigenvalue weighted by Crippen LogP contribution is -2.28. The van der Waals surface area contributed by atoms with Crippen molar-refractivity contribution in [2.45, 2.75) is 6.54 Å². The lowest BCUT2D eigenvalue weighted by atomic mass is 10.2. The largest absolute Gasteiger partial charge is 0.497 e. The molecule has 1 amide bonds. The summed E-state index contributed by atoms with van der Waals surface area (Å²) in [6.45, 7) is -0.0510. The van der Waals surface area contributed by atoms with E-state index in [1.165, 1.54) is 11.3 Å². The van der Waals surface area contributed by atoms with Gasteiger partial charge < -0.3 is 14.8 Å². The normalized spacial score (nSPS) is 10.5. The van der Waals surface area contributed by atoms with Crippen LogP contribution in [0.4, 0.5) is 0 Å². The highest BCUT2D eigenvalue weighted by atomic mass is 35.5. The van der Waals surface area contributed by atoms with Crippen molar-refractivity contribution in [3.63, 3.8) is 0 Å². The number of carbonyl (C=O) groups excluding carboxylic acids is 2. The molecule has 0 saturated heterocycles. The van der Waals surface area contributed by atoms with Crippen LogP contribution in [0.25, 0.3) is 10.1 Å². The molecular formula is C19H16ClNO4S. The van der Waals surface area contributed by atoms with Gasteiger partial charge in [-0.15, -0.1) is 11.3 Å². The predicted octanol–water partition coefficient (Wildman–Crippen LogP) is 4.04. The van der Waals surface area contributed by atoms with Crippen LogP contribution in [0, 0.1) is 0 Å². The highest BCUT2D eigenvalue weighted by molar-refractivity contribution is 7.21. The number of halogens is 1. The SMILES string of the molecule is COc1cccc(CNC(=O)COC(=O)c2sc3ccccc3c2Cl)c1. The average Bonchev–Trinajstić information content (AvgIpc) is 3.01. The molecule has 0 aliphatic carbocycles. The molecule has 26 heavy (non-hydrogen) atoms. The van der Waals surface area contributed by atoms with E-state index in [1.807, 2.05) is 48.5 Å². The Hall–Kier alpha value is -2.57. The first-order chi connectivity index (χ1) is 12.6. The maximum atomic E-state index is 12.2. The molecule has 1 heterocycles. The first kappa shape index (κ1) is 18.2. The fraction of sp³-hybridized carbons (Fsp3) is 0.158. The van der Waals surface area contributed by atoms with Gasteiger partial charge in [-0.25, -0.2) is 4.79 Å². The number of rotatable bonds is 6. The van der Waals surface area contributed by atoms with Gasteiger partial charge in [0.05, 0.1) is 12.1 Å². The molecule has 3 aromatic rings. The van der Waals surface area contributed by atoms with E-state index in [1.54, 1.807) is 7.11 Å². The molecule has 0 aliphatic rings. The van der Waals surface area contributed by atoms with Gasteiger partial charge in [0, 0.05) is 16.6 Å². The molecule has 3 rings (SSSR count). The number of thiophene rings is 1. The molecule has 0 radical (unpaired) electrons. The highest BCUT2D eigenvalue weighted by Crippen LogP contribution is 2.35.